The van der Waals surface area contributed by atoms with Crippen LogP contribution in [0.1, 0.15) is 18.1 Å². The molecule has 1 aromatic carbocycles. The zero-order valence-corrected chi connectivity index (χ0v) is 13.5. The van der Waals surface area contributed by atoms with Crippen LogP contribution >= 0.6 is 0 Å². The van der Waals surface area contributed by atoms with Crippen molar-refractivity contribution >= 4 is 12.0 Å². The predicted molar refractivity (Wildman–Crippen MR) is 86.2 cm³/mol. The van der Waals surface area contributed by atoms with Crippen molar-refractivity contribution in [2.45, 2.75) is 13.5 Å². The highest BCUT2D eigenvalue weighted by atomic mass is 16.5. The molecule has 1 aromatic heterocycles. The fraction of sp³-hybridized carbons (Fsp3) is 0.294. The first-order valence-corrected chi connectivity index (χ1v) is 7.25. The van der Waals surface area contributed by atoms with Gasteiger partial charge in [-0.15, -0.1) is 0 Å². The molecule has 0 N–H and O–H groups in total. The summed E-state index contributed by atoms with van der Waals surface area (Å²) < 4.78 is 17.7. The Bertz CT molecular complexity index is 692. The van der Waals surface area contributed by atoms with Crippen LogP contribution in [0.2, 0.25) is 0 Å². The summed E-state index contributed by atoms with van der Waals surface area (Å²) in [6, 6.07) is 5.44. The van der Waals surface area contributed by atoms with E-state index < -0.39 is 0 Å². The minimum Gasteiger partial charge on any atom is -0.493 e. The summed E-state index contributed by atoms with van der Waals surface area (Å²) in [4.78, 5) is 11.4. The molecule has 122 valence electrons. The largest absolute Gasteiger partial charge is 0.493 e. The number of ether oxygens (including phenoxy) is 3. The van der Waals surface area contributed by atoms with Crippen LogP contribution in [0, 0.1) is 0 Å². The van der Waals surface area contributed by atoms with Gasteiger partial charge in [-0.05, 0) is 30.7 Å². The second-order valence-corrected chi connectivity index (χ2v) is 4.81. The molecule has 0 spiro atoms. The van der Waals surface area contributed by atoms with E-state index in [0.29, 0.717) is 24.7 Å². The fourth-order valence-corrected chi connectivity index (χ4v) is 1.97. The lowest BCUT2D eigenvalue weighted by atomic mass is 10.2. The molecule has 23 heavy (non-hydrogen) atoms. The van der Waals surface area contributed by atoms with Crippen LogP contribution < -0.4 is 9.47 Å². The van der Waals surface area contributed by atoms with E-state index in [-0.39, 0.29) is 5.97 Å². The first-order valence-electron chi connectivity index (χ1n) is 7.25. The molecular weight excluding hydrogens is 296 g/mol. The van der Waals surface area contributed by atoms with E-state index in [2.05, 4.69) is 5.10 Å². The minimum absolute atomic E-state index is 0.352. The molecule has 2 rings (SSSR count). The topological polar surface area (TPSA) is 62.6 Å². The maximum Gasteiger partial charge on any atom is 0.330 e. The van der Waals surface area contributed by atoms with Gasteiger partial charge in [0.25, 0.3) is 0 Å². The van der Waals surface area contributed by atoms with E-state index in [1.807, 2.05) is 25.4 Å². The van der Waals surface area contributed by atoms with Crippen LogP contribution in [0.5, 0.6) is 11.5 Å². The van der Waals surface area contributed by atoms with Gasteiger partial charge >= 0.3 is 5.97 Å². The van der Waals surface area contributed by atoms with Gasteiger partial charge in [-0.1, -0.05) is 6.07 Å². The van der Waals surface area contributed by atoms with Crippen LogP contribution in [0.4, 0.5) is 0 Å². The molecule has 6 nitrogen and oxygen atoms in total. The first-order chi connectivity index (χ1) is 11.1. The van der Waals surface area contributed by atoms with E-state index in [1.54, 1.807) is 37.1 Å². The molecule has 0 atom stereocenters. The van der Waals surface area contributed by atoms with Gasteiger partial charge in [0.2, 0.25) is 0 Å². The molecule has 0 aliphatic carbocycles. The molecule has 1 heterocycles. The van der Waals surface area contributed by atoms with Crippen molar-refractivity contribution < 1.29 is 19.0 Å². The highest BCUT2D eigenvalue weighted by Gasteiger charge is 2.06. The van der Waals surface area contributed by atoms with Crippen LogP contribution in [0.3, 0.4) is 0 Å². The summed E-state index contributed by atoms with van der Waals surface area (Å²) in [5.41, 5.74) is 1.78. The zero-order chi connectivity index (χ0) is 16.7. The normalized spacial score (nSPS) is 10.7. The molecule has 0 amide bonds. The number of methoxy groups -OCH3 is 1. The summed E-state index contributed by atoms with van der Waals surface area (Å²) >= 11 is 0. The van der Waals surface area contributed by atoms with Crippen molar-refractivity contribution in [3.05, 3.63) is 47.8 Å². The SMILES string of the molecule is CCOC(=O)/C=C/c1ccc(OC)c(OCc2cnn(C)c2)c1. The third-order valence-corrected chi connectivity index (χ3v) is 3.04. The predicted octanol–water partition coefficient (Wildman–Crippen LogP) is 2.58. The number of esters is 1. The monoisotopic (exact) mass is 316 g/mol. The number of hydrogen-bond donors (Lipinski definition) is 0. The molecule has 0 aliphatic heterocycles. The highest BCUT2D eigenvalue weighted by Crippen LogP contribution is 2.29. The van der Waals surface area contributed by atoms with Gasteiger partial charge in [0.05, 0.1) is 19.9 Å². The van der Waals surface area contributed by atoms with Gasteiger partial charge in [-0.3, -0.25) is 4.68 Å². The van der Waals surface area contributed by atoms with Gasteiger partial charge in [0, 0.05) is 24.9 Å². The second-order valence-electron chi connectivity index (χ2n) is 4.81. The Kier molecular flexibility index (Phi) is 5.80. The van der Waals surface area contributed by atoms with Crippen LogP contribution in [0.25, 0.3) is 6.08 Å². The van der Waals surface area contributed by atoms with E-state index in [0.717, 1.165) is 11.1 Å². The Morgan fingerprint density at radius 2 is 2.17 bits per heavy atom. The van der Waals surface area contributed by atoms with E-state index in [4.69, 9.17) is 14.2 Å². The maximum absolute atomic E-state index is 11.4. The van der Waals surface area contributed by atoms with Gasteiger partial charge in [0.1, 0.15) is 6.61 Å². The molecule has 0 saturated heterocycles. The molecular formula is C17H20N2O4. The summed E-state index contributed by atoms with van der Waals surface area (Å²) in [6.45, 7) is 2.50. The van der Waals surface area contributed by atoms with E-state index >= 15 is 0 Å². The molecule has 0 radical (unpaired) electrons. The Hall–Kier alpha value is -2.76. The smallest absolute Gasteiger partial charge is 0.330 e. The lowest BCUT2D eigenvalue weighted by molar-refractivity contribution is -0.137. The molecule has 0 saturated carbocycles. The van der Waals surface area contributed by atoms with Gasteiger partial charge in [-0.2, -0.15) is 5.10 Å². The van der Waals surface area contributed by atoms with Crippen molar-refractivity contribution in [3.63, 3.8) is 0 Å². The Labute approximate surface area is 135 Å². The van der Waals surface area contributed by atoms with Crippen LogP contribution in [-0.4, -0.2) is 29.5 Å². The van der Waals surface area contributed by atoms with Crippen LogP contribution in [0.15, 0.2) is 36.7 Å². The molecule has 0 unspecified atom stereocenters. The number of carbonyl (C=O) groups is 1. The number of aromatic nitrogens is 2. The second kappa shape index (κ2) is 8.03. The molecule has 0 aliphatic rings. The lowest BCUT2D eigenvalue weighted by Gasteiger charge is -2.10. The third-order valence-electron chi connectivity index (χ3n) is 3.04. The fourth-order valence-electron chi connectivity index (χ4n) is 1.97. The number of benzene rings is 1. The summed E-state index contributed by atoms with van der Waals surface area (Å²) in [6.07, 6.45) is 6.69. The van der Waals surface area contributed by atoms with Crippen molar-refractivity contribution in [3.8, 4) is 11.5 Å². The lowest BCUT2D eigenvalue weighted by Crippen LogP contribution is -1.99. The summed E-state index contributed by atoms with van der Waals surface area (Å²) in [7, 11) is 3.44. The van der Waals surface area contributed by atoms with Gasteiger partial charge in [0.15, 0.2) is 11.5 Å². The Morgan fingerprint density at radius 3 is 2.83 bits per heavy atom. The maximum atomic E-state index is 11.4. The summed E-state index contributed by atoms with van der Waals surface area (Å²) in [5, 5.41) is 4.10. The number of aryl methyl sites for hydroxylation is 1. The minimum atomic E-state index is -0.374. The first kappa shape index (κ1) is 16.6. The number of rotatable bonds is 7. The standard InChI is InChI=1S/C17H20N2O4/c1-4-22-17(20)8-6-13-5-7-15(21-3)16(9-13)23-12-14-10-18-19(2)11-14/h5-11H,4,12H2,1-3H3/b8-6+. The Morgan fingerprint density at radius 1 is 1.35 bits per heavy atom. The van der Waals surface area contributed by atoms with Crippen molar-refractivity contribution in [2.24, 2.45) is 7.05 Å². The molecule has 0 fully saturated rings. The average molecular weight is 316 g/mol. The van der Waals surface area contributed by atoms with Crippen molar-refractivity contribution in [1.82, 2.24) is 9.78 Å². The highest BCUT2D eigenvalue weighted by molar-refractivity contribution is 5.87. The quantitative estimate of drug-likeness (QED) is 0.580. The van der Waals surface area contributed by atoms with E-state index in [9.17, 15) is 4.79 Å². The molecule has 6 heteroatoms. The molecule has 0 bridgehead atoms. The zero-order valence-electron chi connectivity index (χ0n) is 13.5. The molecule has 2 aromatic rings. The van der Waals surface area contributed by atoms with Crippen LogP contribution in [-0.2, 0) is 23.2 Å². The average Bonchev–Trinajstić information content (AvgIpc) is 2.97. The van der Waals surface area contributed by atoms with Gasteiger partial charge in [-0.25, -0.2) is 4.79 Å². The summed E-state index contributed by atoms with van der Waals surface area (Å²) in [5.74, 6) is 0.852. The van der Waals surface area contributed by atoms with Crippen molar-refractivity contribution in [1.29, 1.82) is 0 Å². The number of nitrogens with zero attached hydrogens (tertiary/aromatic N) is 2. The van der Waals surface area contributed by atoms with Crippen molar-refractivity contribution in [2.75, 3.05) is 13.7 Å². The Balaban J connectivity index is 2.10. The van der Waals surface area contributed by atoms with E-state index in [1.165, 1.54) is 6.08 Å². The number of hydrogen-bond acceptors (Lipinski definition) is 5. The van der Waals surface area contributed by atoms with Gasteiger partial charge < -0.3 is 14.2 Å². The number of carbonyl (C=O) groups excluding carboxylic acids is 1. The third kappa shape index (κ3) is 4.88.